The molecular formula is C27H22N4OS. The molecule has 4 aromatic rings. The molecule has 2 aromatic heterocycles. The molecule has 0 aliphatic carbocycles. The molecule has 6 heteroatoms. The molecule has 33 heavy (non-hydrogen) atoms. The lowest BCUT2D eigenvalue weighted by Crippen LogP contribution is -2.13. The highest BCUT2D eigenvalue weighted by Crippen LogP contribution is 2.34. The molecule has 0 fully saturated rings. The summed E-state index contributed by atoms with van der Waals surface area (Å²) in [5.41, 5.74) is 5.12. The number of benzene rings is 2. The Labute approximate surface area is 197 Å². The Morgan fingerprint density at radius 1 is 1.00 bits per heavy atom. The molecule has 4 rings (SSSR count). The van der Waals surface area contributed by atoms with Gasteiger partial charge in [0.15, 0.2) is 0 Å². The third-order valence-corrected chi connectivity index (χ3v) is 5.98. The van der Waals surface area contributed by atoms with Crippen molar-refractivity contribution in [1.29, 1.82) is 5.26 Å². The van der Waals surface area contributed by atoms with Gasteiger partial charge in [0.1, 0.15) is 16.9 Å². The van der Waals surface area contributed by atoms with E-state index in [2.05, 4.69) is 16.4 Å². The standard InChI is InChI=1S/C27H22N4OS/c1-19-12-13-25(29-18-19)31-26(32)14-15-33-27-23(17-28)22(20-8-4-2-5-9-20)16-24(30-27)21-10-6-3-7-11-21/h2-13,16,18H,14-15H2,1H3,(H,29,31,32). The van der Waals surface area contributed by atoms with Crippen LogP contribution < -0.4 is 5.32 Å². The minimum absolute atomic E-state index is 0.125. The quantitative estimate of drug-likeness (QED) is 0.344. The number of hydrogen-bond donors (Lipinski definition) is 1. The topological polar surface area (TPSA) is 78.7 Å². The number of carbonyl (C=O) groups is 1. The fraction of sp³-hybridized carbons (Fsp3) is 0.111. The highest BCUT2D eigenvalue weighted by atomic mass is 32.2. The first kappa shape index (κ1) is 22.3. The highest BCUT2D eigenvalue weighted by Gasteiger charge is 2.16. The Balaban J connectivity index is 1.58. The van der Waals surface area contributed by atoms with Crippen LogP contribution in [-0.4, -0.2) is 21.6 Å². The number of thioether (sulfide) groups is 1. The van der Waals surface area contributed by atoms with E-state index in [1.54, 1.807) is 12.3 Å². The molecule has 5 nitrogen and oxygen atoms in total. The van der Waals surface area contributed by atoms with Gasteiger partial charge in [-0.25, -0.2) is 9.97 Å². The molecule has 0 spiro atoms. The summed E-state index contributed by atoms with van der Waals surface area (Å²) in [6.07, 6.45) is 2.00. The van der Waals surface area contributed by atoms with Crippen LogP contribution in [0.3, 0.4) is 0 Å². The van der Waals surface area contributed by atoms with Gasteiger partial charge in [0, 0.05) is 29.5 Å². The van der Waals surface area contributed by atoms with E-state index in [-0.39, 0.29) is 12.3 Å². The van der Waals surface area contributed by atoms with Gasteiger partial charge in [-0.05, 0) is 30.2 Å². The predicted octanol–water partition coefficient (Wildman–Crippen LogP) is 6.11. The molecule has 162 valence electrons. The van der Waals surface area contributed by atoms with Gasteiger partial charge in [-0.2, -0.15) is 5.26 Å². The van der Waals surface area contributed by atoms with Crippen molar-refractivity contribution in [1.82, 2.24) is 9.97 Å². The monoisotopic (exact) mass is 450 g/mol. The van der Waals surface area contributed by atoms with E-state index in [9.17, 15) is 10.1 Å². The Morgan fingerprint density at radius 3 is 2.33 bits per heavy atom. The van der Waals surface area contributed by atoms with Crippen molar-refractivity contribution in [2.24, 2.45) is 0 Å². The van der Waals surface area contributed by atoms with E-state index in [0.717, 1.165) is 27.9 Å². The van der Waals surface area contributed by atoms with E-state index in [1.807, 2.05) is 79.7 Å². The summed E-state index contributed by atoms with van der Waals surface area (Å²) in [6, 6.07) is 27.7. The molecule has 0 aliphatic rings. The van der Waals surface area contributed by atoms with Crippen LogP contribution in [0.15, 0.2) is 90.1 Å². The summed E-state index contributed by atoms with van der Waals surface area (Å²) >= 11 is 1.42. The van der Waals surface area contributed by atoms with E-state index in [0.29, 0.717) is 22.2 Å². The van der Waals surface area contributed by atoms with Gasteiger partial charge >= 0.3 is 0 Å². The molecule has 0 bridgehead atoms. The minimum atomic E-state index is -0.125. The van der Waals surface area contributed by atoms with Crippen LogP contribution in [0, 0.1) is 18.3 Å². The van der Waals surface area contributed by atoms with Gasteiger partial charge < -0.3 is 5.32 Å². The summed E-state index contributed by atoms with van der Waals surface area (Å²) in [7, 11) is 0. The first-order chi connectivity index (χ1) is 16.1. The van der Waals surface area contributed by atoms with Crippen LogP contribution in [0.4, 0.5) is 5.82 Å². The average molecular weight is 451 g/mol. The van der Waals surface area contributed by atoms with E-state index < -0.39 is 0 Å². The summed E-state index contributed by atoms with van der Waals surface area (Å²) in [5.74, 6) is 0.898. The number of carbonyl (C=O) groups excluding carboxylic acids is 1. The highest BCUT2D eigenvalue weighted by molar-refractivity contribution is 7.99. The Morgan fingerprint density at radius 2 is 1.70 bits per heavy atom. The Kier molecular flexibility index (Phi) is 7.13. The van der Waals surface area contributed by atoms with Gasteiger partial charge in [-0.15, -0.1) is 11.8 Å². The predicted molar refractivity (Wildman–Crippen MR) is 133 cm³/mol. The van der Waals surface area contributed by atoms with Crippen molar-refractivity contribution in [3.63, 3.8) is 0 Å². The number of amides is 1. The van der Waals surface area contributed by atoms with Crippen LogP contribution in [0.25, 0.3) is 22.4 Å². The summed E-state index contributed by atoms with van der Waals surface area (Å²) in [6.45, 7) is 1.95. The number of nitriles is 1. The van der Waals surface area contributed by atoms with Gasteiger partial charge in [0.2, 0.25) is 5.91 Å². The number of pyridine rings is 2. The first-order valence-electron chi connectivity index (χ1n) is 10.6. The minimum Gasteiger partial charge on any atom is -0.311 e. The van der Waals surface area contributed by atoms with Crippen molar-refractivity contribution < 1.29 is 4.79 Å². The third kappa shape index (κ3) is 5.65. The zero-order valence-electron chi connectivity index (χ0n) is 18.2. The molecule has 0 saturated heterocycles. The van der Waals surface area contributed by atoms with E-state index >= 15 is 0 Å². The van der Waals surface area contributed by atoms with Crippen LogP contribution in [-0.2, 0) is 4.79 Å². The Bertz CT molecular complexity index is 1280. The number of hydrogen-bond acceptors (Lipinski definition) is 5. The third-order valence-electron chi connectivity index (χ3n) is 5.00. The maximum Gasteiger partial charge on any atom is 0.226 e. The summed E-state index contributed by atoms with van der Waals surface area (Å²) in [5, 5.41) is 13.4. The second-order valence-corrected chi connectivity index (χ2v) is 8.53. The van der Waals surface area contributed by atoms with Crippen molar-refractivity contribution in [2.75, 3.05) is 11.1 Å². The molecule has 0 aliphatic heterocycles. The SMILES string of the molecule is Cc1ccc(NC(=O)CCSc2nc(-c3ccccc3)cc(-c3ccccc3)c2C#N)nc1. The fourth-order valence-electron chi connectivity index (χ4n) is 3.32. The van der Waals surface area contributed by atoms with Gasteiger partial charge in [-0.3, -0.25) is 4.79 Å². The molecular weight excluding hydrogens is 428 g/mol. The van der Waals surface area contributed by atoms with Crippen molar-refractivity contribution in [3.8, 4) is 28.5 Å². The lowest BCUT2D eigenvalue weighted by molar-refractivity contribution is -0.115. The number of aryl methyl sites for hydroxylation is 1. The van der Waals surface area contributed by atoms with E-state index in [4.69, 9.17) is 4.98 Å². The number of nitrogens with zero attached hydrogens (tertiary/aromatic N) is 3. The van der Waals surface area contributed by atoms with Gasteiger partial charge in [-0.1, -0.05) is 66.7 Å². The van der Waals surface area contributed by atoms with Crippen LogP contribution >= 0.6 is 11.8 Å². The average Bonchev–Trinajstić information content (AvgIpc) is 2.86. The molecule has 1 amide bonds. The lowest BCUT2D eigenvalue weighted by Gasteiger charge is -2.12. The lowest BCUT2D eigenvalue weighted by atomic mass is 9.99. The van der Waals surface area contributed by atoms with Gasteiger partial charge in [0.05, 0.1) is 11.3 Å². The number of nitrogens with one attached hydrogen (secondary N) is 1. The van der Waals surface area contributed by atoms with E-state index in [1.165, 1.54) is 11.8 Å². The summed E-state index contributed by atoms with van der Waals surface area (Å²) < 4.78 is 0. The molecule has 0 atom stereocenters. The largest absolute Gasteiger partial charge is 0.311 e. The van der Waals surface area contributed by atoms with Gasteiger partial charge in [0.25, 0.3) is 0 Å². The molecule has 0 unspecified atom stereocenters. The fourth-order valence-corrected chi connectivity index (χ4v) is 4.27. The van der Waals surface area contributed by atoms with Crippen molar-refractivity contribution in [2.45, 2.75) is 18.4 Å². The smallest absolute Gasteiger partial charge is 0.226 e. The van der Waals surface area contributed by atoms with Crippen LogP contribution in [0.2, 0.25) is 0 Å². The number of aromatic nitrogens is 2. The van der Waals surface area contributed by atoms with Crippen LogP contribution in [0.1, 0.15) is 17.5 Å². The Hall–Kier alpha value is -3.95. The van der Waals surface area contributed by atoms with Crippen molar-refractivity contribution >= 4 is 23.5 Å². The second kappa shape index (κ2) is 10.6. The first-order valence-corrected chi connectivity index (χ1v) is 11.5. The number of anilines is 1. The maximum atomic E-state index is 12.4. The van der Waals surface area contributed by atoms with Crippen LogP contribution in [0.5, 0.6) is 0 Å². The molecule has 1 N–H and O–H groups in total. The number of rotatable bonds is 7. The maximum absolute atomic E-state index is 12.4. The molecule has 0 radical (unpaired) electrons. The van der Waals surface area contributed by atoms with Crippen molar-refractivity contribution in [3.05, 3.63) is 96.2 Å². The molecule has 0 saturated carbocycles. The zero-order valence-corrected chi connectivity index (χ0v) is 19.0. The summed E-state index contributed by atoms with van der Waals surface area (Å²) in [4.78, 5) is 21.4. The zero-order chi connectivity index (χ0) is 23.0. The second-order valence-electron chi connectivity index (χ2n) is 7.45. The molecule has 2 aromatic carbocycles. The molecule has 2 heterocycles. The normalized spacial score (nSPS) is 10.4.